The Kier molecular flexibility index (Phi) is 6.89. The first-order valence-corrected chi connectivity index (χ1v) is 11.1. The van der Waals surface area contributed by atoms with Crippen LogP contribution in [0.15, 0.2) is 53.4 Å². The van der Waals surface area contributed by atoms with Crippen molar-refractivity contribution in [2.24, 2.45) is 0 Å². The summed E-state index contributed by atoms with van der Waals surface area (Å²) < 4.78 is 32.4. The monoisotopic (exact) mass is 417 g/mol. The van der Waals surface area contributed by atoms with Crippen LogP contribution in [0, 0.1) is 6.92 Å². The van der Waals surface area contributed by atoms with E-state index >= 15 is 0 Å². The first-order valence-electron chi connectivity index (χ1n) is 9.61. The Morgan fingerprint density at radius 3 is 2.62 bits per heavy atom. The maximum absolute atomic E-state index is 12.3. The number of carbonyl (C=O) groups is 1. The average Bonchev–Trinajstić information content (AvgIpc) is 3.18. The Morgan fingerprint density at radius 2 is 1.97 bits per heavy atom. The maximum atomic E-state index is 12.3. The number of amides is 1. The quantitative estimate of drug-likeness (QED) is 0.689. The zero-order valence-corrected chi connectivity index (χ0v) is 17.5. The second-order valence-corrected chi connectivity index (χ2v) is 8.92. The molecule has 0 spiro atoms. The van der Waals surface area contributed by atoms with Gasteiger partial charge in [-0.3, -0.25) is 4.79 Å². The number of hydrogen-bond acceptors (Lipinski definition) is 5. The van der Waals surface area contributed by atoms with Crippen molar-refractivity contribution < 1.29 is 17.9 Å². The highest BCUT2D eigenvalue weighted by molar-refractivity contribution is 7.89. The summed E-state index contributed by atoms with van der Waals surface area (Å²) in [7, 11) is -1.89. The largest absolute Gasteiger partial charge is 0.380 e. The number of anilines is 2. The molecule has 8 heteroatoms. The molecule has 1 aliphatic rings. The lowest BCUT2D eigenvalue weighted by molar-refractivity contribution is -0.116. The average molecular weight is 418 g/mol. The first-order chi connectivity index (χ1) is 13.9. The molecule has 0 saturated carbocycles. The molecule has 1 aliphatic heterocycles. The third kappa shape index (κ3) is 5.79. The fourth-order valence-corrected chi connectivity index (χ4v) is 4.44. The molecule has 1 atom stereocenters. The predicted molar refractivity (Wildman–Crippen MR) is 114 cm³/mol. The van der Waals surface area contributed by atoms with Crippen LogP contribution in [-0.4, -0.2) is 47.2 Å². The van der Waals surface area contributed by atoms with Crippen LogP contribution in [0.3, 0.4) is 0 Å². The van der Waals surface area contributed by atoms with Gasteiger partial charge in [-0.05, 0) is 55.3 Å². The van der Waals surface area contributed by atoms with E-state index in [2.05, 4.69) is 14.9 Å². The van der Waals surface area contributed by atoms with E-state index in [1.165, 1.54) is 6.07 Å². The molecule has 7 nitrogen and oxygen atoms in total. The van der Waals surface area contributed by atoms with Crippen LogP contribution in [-0.2, 0) is 19.6 Å². The number of rotatable bonds is 8. The van der Waals surface area contributed by atoms with E-state index < -0.39 is 10.0 Å². The molecule has 0 aromatic heterocycles. The Labute approximate surface area is 172 Å². The topological polar surface area (TPSA) is 87.7 Å². The van der Waals surface area contributed by atoms with Crippen LogP contribution in [0.4, 0.5) is 11.4 Å². The Bertz CT molecular complexity index is 945. The molecule has 1 heterocycles. The van der Waals surface area contributed by atoms with Gasteiger partial charge in [0.05, 0.1) is 11.0 Å². The van der Waals surface area contributed by atoms with E-state index in [-0.39, 0.29) is 29.9 Å². The molecule has 1 fully saturated rings. The lowest BCUT2D eigenvalue weighted by atomic mass is 10.2. The summed E-state index contributed by atoms with van der Waals surface area (Å²) in [6, 6.07) is 14.3. The van der Waals surface area contributed by atoms with Gasteiger partial charge in [0.1, 0.15) is 0 Å². The van der Waals surface area contributed by atoms with Gasteiger partial charge in [-0.25, -0.2) is 13.1 Å². The standard InChI is InChI=1S/C21H27N3O4S/c1-16-4-3-5-20(14-16)29(26,27)22-12-10-21(25)23-17-6-8-18(9-7-17)24-13-11-19(15-24)28-2/h3-9,14,19,22H,10-13,15H2,1-2H3,(H,23,25). The number of sulfonamides is 1. The number of nitrogens with one attached hydrogen (secondary N) is 2. The van der Waals surface area contributed by atoms with Crippen molar-refractivity contribution in [2.45, 2.75) is 30.8 Å². The summed E-state index contributed by atoms with van der Waals surface area (Å²) in [5.41, 5.74) is 2.64. The van der Waals surface area contributed by atoms with E-state index in [1.807, 2.05) is 37.3 Å². The second-order valence-electron chi connectivity index (χ2n) is 7.15. The van der Waals surface area contributed by atoms with Crippen molar-refractivity contribution in [3.63, 3.8) is 0 Å². The van der Waals surface area contributed by atoms with Crippen LogP contribution < -0.4 is 14.9 Å². The Balaban J connectivity index is 1.47. The van der Waals surface area contributed by atoms with E-state index in [0.29, 0.717) is 5.69 Å². The number of ether oxygens (including phenoxy) is 1. The molecular formula is C21H27N3O4S. The van der Waals surface area contributed by atoms with Crippen LogP contribution in [0.25, 0.3) is 0 Å². The molecule has 2 aromatic rings. The summed E-state index contributed by atoms with van der Waals surface area (Å²) in [6.45, 7) is 3.68. The summed E-state index contributed by atoms with van der Waals surface area (Å²) in [4.78, 5) is 14.6. The van der Waals surface area contributed by atoms with Gasteiger partial charge in [0.15, 0.2) is 0 Å². The second kappa shape index (κ2) is 9.39. The summed E-state index contributed by atoms with van der Waals surface area (Å²) in [6.07, 6.45) is 1.32. The van der Waals surface area contributed by atoms with Gasteiger partial charge >= 0.3 is 0 Å². The minimum Gasteiger partial charge on any atom is -0.380 e. The van der Waals surface area contributed by atoms with Crippen molar-refractivity contribution in [2.75, 3.05) is 37.0 Å². The molecular weight excluding hydrogens is 390 g/mol. The number of carbonyl (C=O) groups excluding carboxylic acids is 1. The van der Waals surface area contributed by atoms with Crippen molar-refractivity contribution in [1.82, 2.24) is 4.72 Å². The number of aryl methyl sites for hydroxylation is 1. The van der Waals surface area contributed by atoms with E-state index in [1.54, 1.807) is 19.2 Å². The molecule has 156 valence electrons. The van der Waals surface area contributed by atoms with Gasteiger partial charge in [0, 0.05) is 44.5 Å². The Hall–Kier alpha value is -2.42. The molecule has 1 unspecified atom stereocenters. The smallest absolute Gasteiger partial charge is 0.240 e. The van der Waals surface area contributed by atoms with Crippen LogP contribution in [0.2, 0.25) is 0 Å². The number of methoxy groups -OCH3 is 1. The van der Waals surface area contributed by atoms with Crippen molar-refractivity contribution >= 4 is 27.3 Å². The maximum Gasteiger partial charge on any atom is 0.240 e. The number of nitrogens with zero attached hydrogens (tertiary/aromatic N) is 1. The third-order valence-corrected chi connectivity index (χ3v) is 6.40. The fraction of sp³-hybridized carbons (Fsp3) is 0.381. The van der Waals surface area contributed by atoms with Crippen LogP contribution in [0.1, 0.15) is 18.4 Å². The zero-order valence-electron chi connectivity index (χ0n) is 16.7. The SMILES string of the molecule is COC1CCN(c2ccc(NC(=O)CCNS(=O)(=O)c3cccc(C)c3)cc2)C1. The lowest BCUT2D eigenvalue weighted by Crippen LogP contribution is -2.28. The van der Waals surface area contributed by atoms with Crippen molar-refractivity contribution in [3.05, 3.63) is 54.1 Å². The van der Waals surface area contributed by atoms with Gasteiger partial charge < -0.3 is 15.0 Å². The van der Waals surface area contributed by atoms with Gasteiger partial charge in [-0.15, -0.1) is 0 Å². The van der Waals surface area contributed by atoms with E-state index in [9.17, 15) is 13.2 Å². The van der Waals surface area contributed by atoms with Gasteiger partial charge in [-0.1, -0.05) is 12.1 Å². The minimum absolute atomic E-state index is 0.0341. The van der Waals surface area contributed by atoms with Gasteiger partial charge in [0.25, 0.3) is 0 Å². The third-order valence-electron chi connectivity index (χ3n) is 4.94. The highest BCUT2D eigenvalue weighted by Crippen LogP contribution is 2.23. The molecule has 29 heavy (non-hydrogen) atoms. The molecule has 1 amide bonds. The molecule has 1 saturated heterocycles. The lowest BCUT2D eigenvalue weighted by Gasteiger charge is -2.18. The zero-order chi connectivity index (χ0) is 20.9. The van der Waals surface area contributed by atoms with E-state index in [4.69, 9.17) is 4.74 Å². The number of benzene rings is 2. The molecule has 0 bridgehead atoms. The molecule has 3 rings (SSSR count). The summed E-state index contributed by atoms with van der Waals surface area (Å²) >= 11 is 0. The van der Waals surface area contributed by atoms with Gasteiger partial charge in [-0.2, -0.15) is 0 Å². The molecule has 0 radical (unpaired) electrons. The van der Waals surface area contributed by atoms with Crippen molar-refractivity contribution in [3.8, 4) is 0 Å². The van der Waals surface area contributed by atoms with Crippen LogP contribution in [0.5, 0.6) is 0 Å². The van der Waals surface area contributed by atoms with Crippen molar-refractivity contribution in [1.29, 1.82) is 0 Å². The predicted octanol–water partition coefficient (Wildman–Crippen LogP) is 2.53. The highest BCUT2D eigenvalue weighted by atomic mass is 32.2. The summed E-state index contributed by atoms with van der Waals surface area (Å²) in [5, 5.41) is 2.80. The Morgan fingerprint density at radius 1 is 1.21 bits per heavy atom. The first kappa shape index (κ1) is 21.3. The number of hydrogen-bond donors (Lipinski definition) is 2. The normalized spacial score (nSPS) is 16.8. The van der Waals surface area contributed by atoms with Gasteiger partial charge in [0.2, 0.25) is 15.9 Å². The van der Waals surface area contributed by atoms with E-state index in [0.717, 1.165) is 30.8 Å². The van der Waals surface area contributed by atoms with Crippen LogP contribution >= 0.6 is 0 Å². The fourth-order valence-electron chi connectivity index (χ4n) is 3.30. The molecule has 2 N–H and O–H groups in total. The summed E-state index contributed by atoms with van der Waals surface area (Å²) in [5.74, 6) is -0.245. The minimum atomic E-state index is -3.62. The highest BCUT2D eigenvalue weighted by Gasteiger charge is 2.22. The molecule has 0 aliphatic carbocycles. The molecule has 2 aromatic carbocycles.